The van der Waals surface area contributed by atoms with Gasteiger partial charge in [0.15, 0.2) is 10.1 Å². The first-order valence-corrected chi connectivity index (χ1v) is 10.6. The third kappa shape index (κ3) is 4.59. The Labute approximate surface area is 168 Å². The molecule has 0 saturated carbocycles. The number of nitrogens with zero attached hydrogens (tertiary/aromatic N) is 3. The number of hydrogen-bond acceptors (Lipinski definition) is 6. The molecule has 2 heterocycles. The predicted molar refractivity (Wildman–Crippen MR) is 114 cm³/mol. The Morgan fingerprint density at radius 2 is 1.93 bits per heavy atom. The predicted octanol–water partition coefficient (Wildman–Crippen LogP) is 5.34. The molecule has 1 aromatic carbocycles. The summed E-state index contributed by atoms with van der Waals surface area (Å²) >= 11 is 2.89. The van der Waals surface area contributed by atoms with E-state index in [0.717, 1.165) is 32.1 Å². The van der Waals surface area contributed by atoms with Crippen molar-refractivity contribution in [3.8, 4) is 0 Å². The number of benzene rings is 1. The van der Waals surface area contributed by atoms with E-state index in [-0.39, 0.29) is 5.78 Å². The molecule has 142 valence electrons. The Morgan fingerprint density at radius 3 is 2.52 bits per heavy atom. The van der Waals surface area contributed by atoms with E-state index < -0.39 is 0 Å². The zero-order valence-electron chi connectivity index (χ0n) is 16.2. The third-order valence-electron chi connectivity index (χ3n) is 4.64. The summed E-state index contributed by atoms with van der Waals surface area (Å²) in [5, 5.41) is 12.4. The lowest BCUT2D eigenvalue weighted by Crippen LogP contribution is -2.04. The maximum absolute atomic E-state index is 12.5. The number of carbonyl (C=O) groups excluding carboxylic acids is 1. The number of aryl methyl sites for hydroxylation is 1. The van der Waals surface area contributed by atoms with E-state index in [1.165, 1.54) is 28.7 Å². The fourth-order valence-electron chi connectivity index (χ4n) is 2.74. The zero-order valence-corrected chi connectivity index (χ0v) is 17.9. The lowest BCUT2D eigenvalue weighted by Gasteiger charge is -2.06. The Morgan fingerprint density at radius 1 is 1.22 bits per heavy atom. The number of ketones is 1. The van der Waals surface area contributed by atoms with Crippen LogP contribution in [0.5, 0.6) is 0 Å². The van der Waals surface area contributed by atoms with Gasteiger partial charge in [-0.15, -0.1) is 10.2 Å². The van der Waals surface area contributed by atoms with E-state index in [0.29, 0.717) is 11.7 Å². The molecule has 0 aliphatic heterocycles. The van der Waals surface area contributed by atoms with Crippen LogP contribution >= 0.6 is 23.1 Å². The Balaban J connectivity index is 1.59. The van der Waals surface area contributed by atoms with Gasteiger partial charge in [-0.1, -0.05) is 49.1 Å². The molecule has 2 aromatic heterocycles. The SMILES string of the molecule is Cc1cc(C(=O)CSc2nnc(Nc3ccc(C(C)C)cc3)s2)c(C)n1C. The lowest BCUT2D eigenvalue weighted by molar-refractivity contribution is 0.102. The molecule has 0 spiro atoms. The van der Waals surface area contributed by atoms with Gasteiger partial charge in [0, 0.05) is 29.7 Å². The maximum Gasteiger partial charge on any atom is 0.210 e. The van der Waals surface area contributed by atoms with Crippen LogP contribution in [0.4, 0.5) is 10.8 Å². The second-order valence-electron chi connectivity index (χ2n) is 6.83. The van der Waals surface area contributed by atoms with E-state index in [1.807, 2.05) is 43.7 Å². The van der Waals surface area contributed by atoms with Crippen LogP contribution in [0.2, 0.25) is 0 Å². The standard InChI is InChI=1S/C20H24N4OS2/c1-12(2)15-6-8-16(9-7-15)21-19-22-23-20(27-19)26-11-18(25)17-10-13(3)24(5)14(17)4/h6-10,12H,11H2,1-5H3,(H,21,22). The van der Waals surface area contributed by atoms with Crippen molar-refractivity contribution in [3.05, 3.63) is 52.8 Å². The van der Waals surface area contributed by atoms with Gasteiger partial charge in [0.25, 0.3) is 0 Å². The van der Waals surface area contributed by atoms with Crippen LogP contribution in [0, 0.1) is 13.8 Å². The van der Waals surface area contributed by atoms with Gasteiger partial charge in [-0.2, -0.15) is 0 Å². The number of hydrogen-bond donors (Lipinski definition) is 1. The Kier molecular flexibility index (Phi) is 6.01. The first kappa shape index (κ1) is 19.6. The van der Waals surface area contributed by atoms with Crippen molar-refractivity contribution in [3.63, 3.8) is 0 Å². The summed E-state index contributed by atoms with van der Waals surface area (Å²) < 4.78 is 2.82. The summed E-state index contributed by atoms with van der Waals surface area (Å²) in [6.07, 6.45) is 0. The number of carbonyl (C=O) groups is 1. The largest absolute Gasteiger partial charge is 0.351 e. The number of thioether (sulfide) groups is 1. The minimum atomic E-state index is 0.121. The maximum atomic E-state index is 12.5. The average Bonchev–Trinajstić information content (AvgIpc) is 3.20. The van der Waals surface area contributed by atoms with E-state index >= 15 is 0 Å². The van der Waals surface area contributed by atoms with E-state index in [2.05, 4.69) is 41.5 Å². The first-order chi connectivity index (χ1) is 12.8. The fraction of sp³-hybridized carbons (Fsp3) is 0.350. The molecule has 3 aromatic rings. The smallest absolute Gasteiger partial charge is 0.210 e. The number of Topliss-reactive ketones (excluding diaryl/α,β-unsaturated/α-hetero) is 1. The van der Waals surface area contributed by atoms with Crippen LogP contribution in [0.1, 0.15) is 47.1 Å². The molecule has 0 fully saturated rings. The molecule has 7 heteroatoms. The van der Waals surface area contributed by atoms with Gasteiger partial charge in [0.2, 0.25) is 5.13 Å². The normalized spacial score (nSPS) is 11.2. The second kappa shape index (κ2) is 8.27. The zero-order chi connectivity index (χ0) is 19.6. The quantitative estimate of drug-likeness (QED) is 0.429. The van der Waals surface area contributed by atoms with Crippen LogP contribution in [0.25, 0.3) is 0 Å². The first-order valence-electron chi connectivity index (χ1n) is 8.84. The molecule has 0 unspecified atom stereocenters. The minimum absolute atomic E-state index is 0.121. The number of rotatable bonds is 7. The van der Waals surface area contributed by atoms with Crippen molar-refractivity contribution >= 4 is 39.7 Å². The van der Waals surface area contributed by atoms with Crippen LogP contribution < -0.4 is 5.32 Å². The molecule has 1 N–H and O–H groups in total. The summed E-state index contributed by atoms with van der Waals surface area (Å²) in [5.74, 6) is 0.996. The topological polar surface area (TPSA) is 59.8 Å². The number of aromatic nitrogens is 3. The van der Waals surface area contributed by atoms with Gasteiger partial charge in [0.1, 0.15) is 0 Å². The van der Waals surface area contributed by atoms with Crippen molar-refractivity contribution in [1.29, 1.82) is 0 Å². The molecule has 0 saturated heterocycles. The van der Waals surface area contributed by atoms with Crippen LogP contribution in [0.3, 0.4) is 0 Å². The summed E-state index contributed by atoms with van der Waals surface area (Å²) in [7, 11) is 1.98. The van der Waals surface area contributed by atoms with Crippen molar-refractivity contribution in [1.82, 2.24) is 14.8 Å². The molecule has 0 aliphatic carbocycles. The minimum Gasteiger partial charge on any atom is -0.351 e. The highest BCUT2D eigenvalue weighted by atomic mass is 32.2. The second-order valence-corrected chi connectivity index (χ2v) is 9.03. The van der Waals surface area contributed by atoms with Gasteiger partial charge in [0.05, 0.1) is 5.75 Å². The molecule has 0 bridgehead atoms. The highest BCUT2D eigenvalue weighted by molar-refractivity contribution is 8.01. The van der Waals surface area contributed by atoms with Crippen molar-refractivity contribution in [2.24, 2.45) is 7.05 Å². The van der Waals surface area contributed by atoms with Crippen molar-refractivity contribution in [2.45, 2.75) is 38.0 Å². The fourth-order valence-corrected chi connectivity index (χ4v) is 4.39. The summed E-state index contributed by atoms with van der Waals surface area (Å²) in [5.41, 5.74) is 5.17. The molecule has 0 amide bonds. The molecule has 5 nitrogen and oxygen atoms in total. The van der Waals surface area contributed by atoms with Crippen LogP contribution in [0.15, 0.2) is 34.7 Å². The monoisotopic (exact) mass is 400 g/mol. The van der Waals surface area contributed by atoms with Crippen LogP contribution in [-0.4, -0.2) is 26.3 Å². The van der Waals surface area contributed by atoms with Gasteiger partial charge in [-0.3, -0.25) is 4.79 Å². The number of anilines is 2. The molecular formula is C20H24N4OS2. The lowest BCUT2D eigenvalue weighted by atomic mass is 10.0. The Bertz CT molecular complexity index is 942. The molecule has 0 atom stereocenters. The van der Waals surface area contributed by atoms with E-state index in [9.17, 15) is 4.79 Å². The van der Waals surface area contributed by atoms with Crippen molar-refractivity contribution < 1.29 is 4.79 Å². The van der Waals surface area contributed by atoms with Gasteiger partial charge < -0.3 is 9.88 Å². The molecule has 27 heavy (non-hydrogen) atoms. The van der Waals surface area contributed by atoms with E-state index in [4.69, 9.17) is 0 Å². The molecule has 0 radical (unpaired) electrons. The molecular weight excluding hydrogens is 376 g/mol. The number of nitrogens with one attached hydrogen (secondary N) is 1. The summed E-state index contributed by atoms with van der Waals surface area (Å²) in [6.45, 7) is 8.34. The average molecular weight is 401 g/mol. The highest BCUT2D eigenvalue weighted by Crippen LogP contribution is 2.29. The van der Waals surface area contributed by atoms with Gasteiger partial charge in [-0.25, -0.2) is 0 Å². The van der Waals surface area contributed by atoms with Crippen molar-refractivity contribution in [2.75, 3.05) is 11.1 Å². The Hall–Kier alpha value is -2.12. The summed E-state index contributed by atoms with van der Waals surface area (Å²) in [6, 6.07) is 10.3. The van der Waals surface area contributed by atoms with Gasteiger partial charge >= 0.3 is 0 Å². The highest BCUT2D eigenvalue weighted by Gasteiger charge is 2.15. The van der Waals surface area contributed by atoms with Gasteiger partial charge in [-0.05, 0) is 43.5 Å². The summed E-state index contributed by atoms with van der Waals surface area (Å²) in [4.78, 5) is 12.5. The molecule has 3 rings (SSSR count). The molecule has 0 aliphatic rings. The third-order valence-corrected chi connectivity index (χ3v) is 6.61. The van der Waals surface area contributed by atoms with E-state index in [1.54, 1.807) is 0 Å². The van der Waals surface area contributed by atoms with Crippen LogP contribution in [-0.2, 0) is 7.05 Å².